The van der Waals surface area contributed by atoms with Crippen molar-refractivity contribution in [3.05, 3.63) is 83.8 Å². The third-order valence-electron chi connectivity index (χ3n) is 6.03. The lowest BCUT2D eigenvalue weighted by Crippen LogP contribution is -1.96. The Morgan fingerprint density at radius 3 is 2.67 bits per heavy atom. The average Bonchev–Trinajstić information content (AvgIpc) is 3.38. The molecule has 0 amide bonds. The van der Waals surface area contributed by atoms with E-state index in [1.807, 2.05) is 48.1 Å². The van der Waals surface area contributed by atoms with Crippen LogP contribution in [0.25, 0.3) is 33.7 Å². The number of rotatable bonds is 6. The Balaban J connectivity index is 1.38. The highest BCUT2D eigenvalue weighted by Crippen LogP contribution is 2.36. The van der Waals surface area contributed by atoms with Crippen LogP contribution in [-0.2, 0) is 12.8 Å². The smallest absolute Gasteiger partial charge is 0.123 e. The second kappa shape index (κ2) is 7.92. The summed E-state index contributed by atoms with van der Waals surface area (Å²) >= 11 is 0. The summed E-state index contributed by atoms with van der Waals surface area (Å²) in [6.07, 6.45) is 9.16. The topological polar surface area (TPSA) is 72.3 Å². The van der Waals surface area contributed by atoms with Crippen molar-refractivity contribution in [2.45, 2.75) is 38.6 Å². The molecule has 3 heterocycles. The molecule has 6 rings (SSSR count). The van der Waals surface area contributed by atoms with E-state index in [0.29, 0.717) is 18.9 Å². The monoisotopic (exact) mass is 438 g/mol. The zero-order chi connectivity index (χ0) is 22.4. The number of imidazole rings is 1. The van der Waals surface area contributed by atoms with Gasteiger partial charge in [0.2, 0.25) is 0 Å². The largest absolute Gasteiger partial charge is 0.340 e. The van der Waals surface area contributed by atoms with Crippen molar-refractivity contribution in [3.63, 3.8) is 0 Å². The van der Waals surface area contributed by atoms with Gasteiger partial charge in [-0.05, 0) is 67.6 Å². The molecule has 1 N–H and O–H groups in total. The van der Waals surface area contributed by atoms with Gasteiger partial charge in [0.1, 0.15) is 17.3 Å². The molecule has 6 nitrogen and oxygen atoms in total. The molecule has 33 heavy (non-hydrogen) atoms. The summed E-state index contributed by atoms with van der Waals surface area (Å²) in [5, 5.41) is 4.81. The molecular formula is C26H23FN6. The highest BCUT2D eigenvalue weighted by molar-refractivity contribution is 5.84. The fourth-order valence-electron chi connectivity index (χ4n) is 4.28. The summed E-state index contributed by atoms with van der Waals surface area (Å²) in [7, 11) is 0. The number of hydrogen-bond donors (Lipinski definition) is 1. The van der Waals surface area contributed by atoms with Crippen molar-refractivity contribution in [2.75, 3.05) is 0 Å². The van der Waals surface area contributed by atoms with Crippen LogP contribution in [0.3, 0.4) is 0 Å². The molecule has 0 bridgehead atoms. The van der Waals surface area contributed by atoms with Crippen molar-refractivity contribution < 1.29 is 4.39 Å². The van der Waals surface area contributed by atoms with E-state index in [0.717, 1.165) is 50.6 Å². The highest BCUT2D eigenvalue weighted by Gasteiger charge is 2.25. The van der Waals surface area contributed by atoms with Crippen LogP contribution in [0.4, 0.5) is 4.39 Å². The molecule has 0 aliphatic heterocycles. The summed E-state index contributed by atoms with van der Waals surface area (Å²) in [5.41, 5.74) is 7.12. The molecule has 0 unspecified atom stereocenters. The van der Waals surface area contributed by atoms with E-state index in [1.165, 1.54) is 12.8 Å². The van der Waals surface area contributed by atoms with Gasteiger partial charge in [-0.25, -0.2) is 9.37 Å². The lowest BCUT2D eigenvalue weighted by Gasteiger charge is -2.03. The Hall–Kier alpha value is -3.87. The van der Waals surface area contributed by atoms with Crippen LogP contribution >= 0.6 is 0 Å². The van der Waals surface area contributed by atoms with Crippen LogP contribution in [0.5, 0.6) is 0 Å². The highest BCUT2D eigenvalue weighted by atomic mass is 19.1. The van der Waals surface area contributed by atoms with Crippen LogP contribution in [0.2, 0.25) is 0 Å². The zero-order valence-corrected chi connectivity index (χ0v) is 18.3. The fraction of sp³-hybridized carbons (Fsp3) is 0.231. The lowest BCUT2D eigenvalue weighted by atomic mass is 10.1. The van der Waals surface area contributed by atoms with Gasteiger partial charge in [0.05, 0.1) is 28.5 Å². The molecule has 1 saturated carbocycles. The van der Waals surface area contributed by atoms with Crippen LogP contribution in [0, 0.1) is 12.7 Å². The molecule has 1 aliphatic carbocycles. The quantitative estimate of drug-likeness (QED) is 0.383. The van der Waals surface area contributed by atoms with E-state index < -0.39 is 0 Å². The maximum atomic E-state index is 13.8. The maximum Gasteiger partial charge on any atom is 0.123 e. The molecule has 3 aromatic heterocycles. The molecule has 0 atom stereocenters. The number of H-pyrrole nitrogens is 1. The van der Waals surface area contributed by atoms with Gasteiger partial charge in [0.25, 0.3) is 0 Å². The van der Waals surface area contributed by atoms with Crippen LogP contribution < -0.4 is 0 Å². The number of halogens is 1. The molecule has 0 spiro atoms. The predicted molar refractivity (Wildman–Crippen MR) is 125 cm³/mol. The first kappa shape index (κ1) is 19.8. The van der Waals surface area contributed by atoms with Gasteiger partial charge in [-0.3, -0.25) is 14.6 Å². The van der Waals surface area contributed by atoms with Crippen molar-refractivity contribution in [1.82, 2.24) is 29.7 Å². The summed E-state index contributed by atoms with van der Waals surface area (Å²) in [4.78, 5) is 17.3. The van der Waals surface area contributed by atoms with Crippen molar-refractivity contribution in [1.29, 1.82) is 0 Å². The summed E-state index contributed by atoms with van der Waals surface area (Å²) in [6, 6.07) is 13.7. The second-order valence-electron chi connectivity index (χ2n) is 8.72. The van der Waals surface area contributed by atoms with Gasteiger partial charge in [0, 0.05) is 30.6 Å². The fourth-order valence-corrected chi connectivity index (χ4v) is 4.28. The first-order chi connectivity index (χ1) is 16.1. The Labute approximate surface area is 190 Å². The first-order valence-electron chi connectivity index (χ1n) is 11.2. The van der Waals surface area contributed by atoms with E-state index in [2.05, 4.69) is 15.0 Å². The van der Waals surface area contributed by atoms with Gasteiger partial charge < -0.3 is 4.98 Å². The van der Waals surface area contributed by atoms with Crippen LogP contribution in [0.1, 0.15) is 35.8 Å². The minimum atomic E-state index is -0.200. The van der Waals surface area contributed by atoms with E-state index in [1.54, 1.807) is 24.5 Å². The molecule has 164 valence electrons. The van der Waals surface area contributed by atoms with Crippen molar-refractivity contribution in [3.8, 4) is 22.6 Å². The van der Waals surface area contributed by atoms with Gasteiger partial charge >= 0.3 is 0 Å². The molecular weight excluding hydrogens is 415 g/mol. The molecule has 1 aliphatic rings. The normalized spacial score (nSPS) is 13.6. The van der Waals surface area contributed by atoms with Crippen molar-refractivity contribution in [2.24, 2.45) is 0 Å². The Bertz CT molecular complexity index is 1440. The summed E-state index contributed by atoms with van der Waals surface area (Å²) in [5.74, 6) is 0.649. The number of fused-ring (bicyclic) bond motifs is 1. The number of hydrogen-bond acceptors (Lipinski definition) is 4. The molecule has 1 fully saturated rings. The SMILES string of the molecule is Cc1cc(F)cc(CCc2nc(-c3ccc4nccnc4c3)c(-c3ccn(C4CC4)n3)[nH]2)c1. The number of aromatic nitrogens is 6. The van der Waals surface area contributed by atoms with Crippen LogP contribution in [-0.4, -0.2) is 29.7 Å². The Morgan fingerprint density at radius 2 is 1.85 bits per heavy atom. The summed E-state index contributed by atoms with van der Waals surface area (Å²) in [6.45, 7) is 1.91. The van der Waals surface area contributed by atoms with E-state index >= 15 is 0 Å². The Morgan fingerprint density at radius 1 is 1.00 bits per heavy atom. The summed E-state index contributed by atoms with van der Waals surface area (Å²) < 4.78 is 15.9. The van der Waals surface area contributed by atoms with Gasteiger partial charge in [-0.2, -0.15) is 5.10 Å². The first-order valence-corrected chi connectivity index (χ1v) is 11.2. The Kier molecular flexibility index (Phi) is 4.75. The van der Waals surface area contributed by atoms with Crippen LogP contribution in [0.15, 0.2) is 61.1 Å². The number of aryl methyl sites for hydroxylation is 3. The van der Waals surface area contributed by atoms with Crippen molar-refractivity contribution >= 4 is 11.0 Å². The lowest BCUT2D eigenvalue weighted by molar-refractivity contribution is 0.623. The minimum Gasteiger partial charge on any atom is -0.340 e. The van der Waals surface area contributed by atoms with Gasteiger partial charge in [0.15, 0.2) is 0 Å². The minimum absolute atomic E-state index is 0.200. The van der Waals surface area contributed by atoms with E-state index in [-0.39, 0.29) is 5.82 Å². The van der Waals surface area contributed by atoms with Gasteiger partial charge in [-0.1, -0.05) is 12.1 Å². The molecule has 5 aromatic rings. The van der Waals surface area contributed by atoms with Gasteiger partial charge in [-0.15, -0.1) is 0 Å². The van der Waals surface area contributed by atoms with E-state index in [4.69, 9.17) is 10.1 Å². The third kappa shape index (κ3) is 4.02. The third-order valence-corrected chi connectivity index (χ3v) is 6.03. The number of aromatic amines is 1. The maximum absolute atomic E-state index is 13.8. The molecule has 0 radical (unpaired) electrons. The van der Waals surface area contributed by atoms with E-state index in [9.17, 15) is 4.39 Å². The number of nitrogens with one attached hydrogen (secondary N) is 1. The second-order valence-corrected chi connectivity index (χ2v) is 8.72. The predicted octanol–water partition coefficient (Wildman–Crippen LogP) is 5.45. The number of benzene rings is 2. The molecule has 7 heteroatoms. The molecule has 0 saturated heterocycles. The standard InChI is InChI=1S/C26H23FN6/c1-16-12-17(14-19(27)13-16)2-7-24-30-25(18-3-6-21-23(15-18)29-10-9-28-21)26(31-24)22-8-11-33(32-22)20-4-5-20/h3,6,8-15,20H,2,4-5,7H2,1H3,(H,30,31). The number of nitrogens with zero attached hydrogens (tertiary/aromatic N) is 5. The average molecular weight is 439 g/mol. The zero-order valence-electron chi connectivity index (χ0n) is 18.3. The molecule has 2 aromatic carbocycles.